The highest BCUT2D eigenvalue weighted by Crippen LogP contribution is 2.07. The van der Waals surface area contributed by atoms with E-state index in [1.807, 2.05) is 0 Å². The number of rotatable bonds is 9. The van der Waals surface area contributed by atoms with Gasteiger partial charge < -0.3 is 20.7 Å². The van der Waals surface area contributed by atoms with Gasteiger partial charge in [-0.25, -0.2) is 4.79 Å². The van der Waals surface area contributed by atoms with Gasteiger partial charge in [-0.3, -0.25) is 9.59 Å². The van der Waals surface area contributed by atoms with E-state index in [0.717, 1.165) is 6.21 Å². The lowest BCUT2D eigenvalue weighted by atomic mass is 10.0. The van der Waals surface area contributed by atoms with E-state index in [-0.39, 0.29) is 18.9 Å². The molecule has 0 saturated carbocycles. The Balaban J connectivity index is 4.85. The van der Waals surface area contributed by atoms with Crippen molar-refractivity contribution in [2.24, 2.45) is 5.92 Å². The number of ketones is 1. The molecule has 8 heteroatoms. The van der Waals surface area contributed by atoms with Crippen LogP contribution in [0.3, 0.4) is 0 Å². The molecule has 0 unspecified atom stereocenters. The summed E-state index contributed by atoms with van der Waals surface area (Å²) in [6, 6.07) is -1.01. The van der Waals surface area contributed by atoms with Crippen LogP contribution in [0.2, 0.25) is 0 Å². The van der Waals surface area contributed by atoms with Crippen molar-refractivity contribution in [3.63, 3.8) is 0 Å². The first-order chi connectivity index (χ1) is 10.2. The number of carbonyl (C=O) groups excluding carboxylic acids is 3. The van der Waals surface area contributed by atoms with E-state index in [1.54, 1.807) is 13.8 Å². The Bertz CT molecular complexity index is 455. The Kier molecular flexibility index (Phi) is 8.89. The summed E-state index contributed by atoms with van der Waals surface area (Å²) in [5.41, 5.74) is 8.27. The van der Waals surface area contributed by atoms with Crippen LogP contribution in [-0.2, 0) is 19.1 Å². The fourth-order valence-electron chi connectivity index (χ4n) is 1.50. The summed E-state index contributed by atoms with van der Waals surface area (Å²) >= 11 is 0. The van der Waals surface area contributed by atoms with Crippen molar-refractivity contribution in [2.75, 3.05) is 0 Å². The molecule has 0 heterocycles. The number of hydrogen-bond donors (Lipinski definition) is 2. The Morgan fingerprint density at radius 3 is 2.32 bits per heavy atom. The molecule has 0 aliphatic carbocycles. The zero-order valence-electron chi connectivity index (χ0n) is 13.3. The first-order valence-electron chi connectivity index (χ1n) is 7.08. The second-order valence-corrected chi connectivity index (χ2v) is 5.33. The first kappa shape index (κ1) is 19.9. The SMILES string of the molecule is CC(C)OC(=O)[C@H](CCC(=O)C=[N+]=[N-])NC(=O)[C@@H](C)[C@H](C)O. The third kappa shape index (κ3) is 7.66. The molecule has 2 N–H and O–H groups in total. The maximum absolute atomic E-state index is 12.0. The van der Waals surface area contributed by atoms with Gasteiger partial charge >= 0.3 is 12.2 Å². The minimum atomic E-state index is -1.01. The standard InChI is InChI=1S/C14H23N3O5/c1-8(2)22-14(21)12(6-5-11(19)7-16-15)17-13(20)9(3)10(4)18/h7-10,12,18H,5-6H2,1-4H3,(H,17,20)/t9-,10-,12-/m0/s1. The summed E-state index contributed by atoms with van der Waals surface area (Å²) in [5.74, 6) is -2.36. The number of hydrogen-bond acceptors (Lipinski definition) is 5. The van der Waals surface area contributed by atoms with Crippen molar-refractivity contribution in [1.29, 1.82) is 0 Å². The highest BCUT2D eigenvalue weighted by molar-refractivity contribution is 6.25. The molecule has 22 heavy (non-hydrogen) atoms. The number of nitrogens with zero attached hydrogens (tertiary/aromatic N) is 2. The average molecular weight is 313 g/mol. The molecule has 0 bridgehead atoms. The van der Waals surface area contributed by atoms with Gasteiger partial charge in [0.25, 0.3) is 0 Å². The Labute approximate surface area is 129 Å². The van der Waals surface area contributed by atoms with E-state index in [9.17, 15) is 19.5 Å². The van der Waals surface area contributed by atoms with Crippen LogP contribution >= 0.6 is 0 Å². The van der Waals surface area contributed by atoms with Crippen LogP contribution in [0.4, 0.5) is 0 Å². The lowest BCUT2D eigenvalue weighted by Crippen LogP contribution is -2.46. The number of ether oxygens (including phenoxy) is 1. The highest BCUT2D eigenvalue weighted by atomic mass is 16.5. The number of amides is 1. The van der Waals surface area contributed by atoms with Crippen LogP contribution in [0.25, 0.3) is 5.53 Å². The first-order valence-corrected chi connectivity index (χ1v) is 7.08. The second kappa shape index (κ2) is 9.81. The summed E-state index contributed by atoms with van der Waals surface area (Å²) in [4.78, 5) is 37.8. The molecule has 1 amide bonds. The molecule has 3 atom stereocenters. The summed E-state index contributed by atoms with van der Waals surface area (Å²) < 4.78 is 5.04. The van der Waals surface area contributed by atoms with Gasteiger partial charge in [0.15, 0.2) is 0 Å². The lowest BCUT2D eigenvalue weighted by Gasteiger charge is -2.21. The zero-order chi connectivity index (χ0) is 17.3. The number of Topliss-reactive ketones (excluding diaryl/α,β-unsaturated/α-hetero) is 1. The van der Waals surface area contributed by atoms with Gasteiger partial charge in [-0.2, -0.15) is 4.79 Å². The van der Waals surface area contributed by atoms with Crippen LogP contribution in [0.5, 0.6) is 0 Å². The maximum Gasteiger partial charge on any atom is 0.328 e. The Morgan fingerprint density at radius 2 is 1.86 bits per heavy atom. The molecule has 8 nitrogen and oxygen atoms in total. The lowest BCUT2D eigenvalue weighted by molar-refractivity contribution is -0.152. The molecule has 0 aliphatic heterocycles. The van der Waals surface area contributed by atoms with E-state index in [2.05, 4.69) is 10.1 Å². The van der Waals surface area contributed by atoms with Gasteiger partial charge in [0.1, 0.15) is 6.04 Å². The van der Waals surface area contributed by atoms with Crippen LogP contribution in [-0.4, -0.2) is 52.0 Å². The van der Waals surface area contributed by atoms with Crippen molar-refractivity contribution < 1.29 is 29.0 Å². The molecule has 0 aromatic carbocycles. The van der Waals surface area contributed by atoms with Gasteiger partial charge in [-0.1, -0.05) is 6.92 Å². The monoisotopic (exact) mass is 313 g/mol. The van der Waals surface area contributed by atoms with E-state index in [1.165, 1.54) is 13.8 Å². The van der Waals surface area contributed by atoms with E-state index < -0.39 is 35.7 Å². The van der Waals surface area contributed by atoms with Gasteiger partial charge in [0, 0.05) is 6.42 Å². The Morgan fingerprint density at radius 1 is 1.27 bits per heavy atom. The van der Waals surface area contributed by atoms with Crippen LogP contribution in [0.15, 0.2) is 0 Å². The predicted molar refractivity (Wildman–Crippen MR) is 77.9 cm³/mol. The maximum atomic E-state index is 12.0. The van der Waals surface area contributed by atoms with Crippen molar-refractivity contribution in [1.82, 2.24) is 5.32 Å². The number of nitrogens with one attached hydrogen (secondary N) is 1. The largest absolute Gasteiger partial charge is 0.461 e. The summed E-state index contributed by atoms with van der Waals surface area (Å²) in [6.07, 6.45) is -0.592. The second-order valence-electron chi connectivity index (χ2n) is 5.33. The van der Waals surface area contributed by atoms with E-state index in [0.29, 0.717) is 0 Å². The topological polar surface area (TPSA) is 129 Å². The molecule has 124 valence electrons. The summed E-state index contributed by atoms with van der Waals surface area (Å²) in [7, 11) is 0. The van der Waals surface area contributed by atoms with Gasteiger partial charge in [-0.05, 0) is 27.2 Å². The van der Waals surface area contributed by atoms with Crippen molar-refractivity contribution in [3.05, 3.63) is 5.53 Å². The average Bonchev–Trinajstić information content (AvgIpc) is 2.41. The van der Waals surface area contributed by atoms with Crippen molar-refractivity contribution >= 4 is 23.9 Å². The third-order valence-corrected chi connectivity index (χ3v) is 2.97. The Hall–Kier alpha value is -2.05. The molecule has 0 saturated heterocycles. The molecular formula is C14H23N3O5. The third-order valence-electron chi connectivity index (χ3n) is 2.97. The molecule has 0 aliphatic rings. The molecule has 0 radical (unpaired) electrons. The molecular weight excluding hydrogens is 290 g/mol. The molecule has 0 aromatic heterocycles. The van der Waals surface area contributed by atoms with Crippen LogP contribution in [0, 0.1) is 5.92 Å². The molecule has 0 spiro atoms. The fraction of sp³-hybridized carbons (Fsp3) is 0.714. The van der Waals surface area contributed by atoms with Crippen LogP contribution < -0.4 is 5.32 Å². The number of aliphatic hydroxyl groups excluding tert-OH is 1. The molecule has 0 aromatic rings. The van der Waals surface area contributed by atoms with Gasteiger partial charge in [0.2, 0.25) is 11.7 Å². The normalized spacial score (nSPS) is 14.5. The van der Waals surface area contributed by atoms with Crippen molar-refractivity contribution in [2.45, 2.75) is 58.8 Å². The predicted octanol–water partition coefficient (Wildman–Crippen LogP) is 0.0896. The van der Waals surface area contributed by atoms with Gasteiger partial charge in [-0.15, -0.1) is 0 Å². The number of aliphatic hydroxyl groups is 1. The van der Waals surface area contributed by atoms with Gasteiger partial charge in [0.05, 0.1) is 18.1 Å². The van der Waals surface area contributed by atoms with Crippen molar-refractivity contribution in [3.8, 4) is 0 Å². The quantitative estimate of drug-likeness (QED) is 0.270. The fourth-order valence-corrected chi connectivity index (χ4v) is 1.50. The summed E-state index contributed by atoms with van der Waals surface area (Å²) in [6.45, 7) is 6.32. The van der Waals surface area contributed by atoms with E-state index >= 15 is 0 Å². The smallest absolute Gasteiger partial charge is 0.328 e. The van der Waals surface area contributed by atoms with Crippen LogP contribution in [0.1, 0.15) is 40.5 Å². The molecule has 0 fully saturated rings. The number of esters is 1. The van der Waals surface area contributed by atoms with E-state index in [4.69, 9.17) is 10.3 Å². The number of carbonyl (C=O) groups is 3. The highest BCUT2D eigenvalue weighted by Gasteiger charge is 2.27. The minimum absolute atomic E-state index is 0.00861. The summed E-state index contributed by atoms with van der Waals surface area (Å²) in [5, 5.41) is 11.9. The molecule has 0 rings (SSSR count). The zero-order valence-corrected chi connectivity index (χ0v) is 13.3. The minimum Gasteiger partial charge on any atom is -0.461 e.